The molecule has 1 saturated heterocycles. The van der Waals surface area contributed by atoms with Crippen LogP contribution in [0.1, 0.15) is 162 Å². The number of unbranched alkanes of at least 4 members (excludes halogenated alkanes) is 3. The average Bonchev–Trinajstić information content (AvgIpc) is 1.60. The lowest BCUT2D eigenvalue weighted by Gasteiger charge is -2.31. The minimum absolute atomic E-state index is 0.00678. The highest BCUT2D eigenvalue weighted by atomic mass is 32.2. The van der Waals surface area contributed by atoms with Gasteiger partial charge in [0, 0.05) is 98.8 Å². The lowest BCUT2D eigenvalue weighted by molar-refractivity contribution is -0.438. The van der Waals surface area contributed by atoms with Crippen molar-refractivity contribution in [3.8, 4) is 5.75 Å². The number of fused-ring (bicyclic) bond motifs is 2. The number of halogens is 9. The van der Waals surface area contributed by atoms with Crippen molar-refractivity contribution < 1.29 is 145 Å². The Hall–Kier alpha value is -12.0. The molecule has 0 bridgehead atoms. The zero-order chi connectivity index (χ0) is 100. The van der Waals surface area contributed by atoms with Crippen LogP contribution in [-0.4, -0.2) is 264 Å². The summed E-state index contributed by atoms with van der Waals surface area (Å²) in [6.45, 7) is 19.0. The minimum atomic E-state index is -5.08. The van der Waals surface area contributed by atoms with Gasteiger partial charge in [-0.15, -0.1) is 0 Å². The number of carboxylic acids is 4. The molecule has 47 heteroatoms. The molecule has 37 nitrogen and oxygen atoms in total. The number of nitrogens with zero attached hydrogens (tertiary/aromatic N) is 5. The van der Waals surface area contributed by atoms with Crippen molar-refractivity contribution in [1.29, 1.82) is 0 Å². The number of alkyl halides is 9. The first kappa shape index (κ1) is 115. The van der Waals surface area contributed by atoms with E-state index in [0.29, 0.717) is 57.2 Å². The Bertz CT molecular complexity index is 4620. The Balaban J connectivity index is 0.00000193. The summed E-state index contributed by atoms with van der Waals surface area (Å²) in [6, 6.07) is 14.8. The van der Waals surface area contributed by atoms with E-state index in [9.17, 15) is 101 Å². The van der Waals surface area contributed by atoms with Gasteiger partial charge in [0.2, 0.25) is 41.1 Å². The van der Waals surface area contributed by atoms with Crippen LogP contribution in [0.25, 0.3) is 0 Å². The lowest BCUT2D eigenvalue weighted by Crippen LogP contribution is -2.60. The van der Waals surface area contributed by atoms with Gasteiger partial charge in [-0.1, -0.05) is 115 Å². The van der Waals surface area contributed by atoms with Gasteiger partial charge >= 0.3 is 48.4 Å². The fourth-order valence-electron chi connectivity index (χ4n) is 14.0. The number of urea groups is 1. The molecule has 6 rings (SSSR count). The maximum atomic E-state index is 14.6. The highest BCUT2D eigenvalue weighted by molar-refractivity contribution is 7.85. The number of rotatable bonds is 47. The van der Waals surface area contributed by atoms with E-state index in [0.717, 1.165) is 37.2 Å². The van der Waals surface area contributed by atoms with E-state index in [1.165, 1.54) is 39.6 Å². The van der Waals surface area contributed by atoms with Crippen molar-refractivity contribution in [3.05, 3.63) is 126 Å². The second-order valence-corrected chi connectivity index (χ2v) is 34.0. The Morgan fingerprint density at radius 2 is 1.21 bits per heavy atom. The monoisotopic (exact) mass is 1920 g/mol. The fourth-order valence-corrected chi connectivity index (χ4v) is 14.5. The van der Waals surface area contributed by atoms with Crippen LogP contribution in [-0.2, 0) is 84.8 Å². The molecule has 0 saturated carbocycles. The number of nitrogens with two attached hydrogens (primary N) is 4. The largest absolute Gasteiger partial charge is 0.748 e. The van der Waals surface area contributed by atoms with E-state index < -0.39 is 130 Å². The second-order valence-electron chi connectivity index (χ2n) is 32.5. The first-order chi connectivity index (χ1) is 62.1. The number of benzene rings is 3. The molecule has 133 heavy (non-hydrogen) atoms. The molecule has 1 fully saturated rings. The number of carboxylic acid groups (broad SMARTS) is 4. The molecule has 3 aromatic carbocycles. The highest BCUT2D eigenvalue weighted by Crippen LogP contribution is 2.48. The van der Waals surface area contributed by atoms with Crippen LogP contribution in [0.2, 0.25) is 0 Å². The third kappa shape index (κ3) is 41.4. The number of carbonyl (C=O) groups excluding carboxylic acids is 7. The van der Waals surface area contributed by atoms with Crippen molar-refractivity contribution in [2.75, 3.05) is 82.9 Å². The number of ether oxygens (including phenoxy) is 2. The fraction of sp³-hybridized carbons (Fsp3) is 0.558. The number of carbonyl (C=O) groups is 11. The van der Waals surface area contributed by atoms with E-state index in [4.69, 9.17) is 62.1 Å². The van der Waals surface area contributed by atoms with Gasteiger partial charge in [0.15, 0.2) is 17.6 Å². The molecular weight excluding hydrogens is 1800 g/mol. The smallest absolute Gasteiger partial charge is 0.490 e. The number of aliphatic imine (C=N–C) groups is 2. The maximum absolute atomic E-state index is 14.6. The van der Waals surface area contributed by atoms with Crippen LogP contribution in [0, 0.1) is 11.8 Å². The molecule has 0 aliphatic carbocycles. The third-order valence-electron chi connectivity index (χ3n) is 20.9. The van der Waals surface area contributed by atoms with Crippen LogP contribution in [0.3, 0.4) is 0 Å². The van der Waals surface area contributed by atoms with Gasteiger partial charge < -0.3 is 104 Å². The summed E-state index contributed by atoms with van der Waals surface area (Å²) in [5, 5.41) is 60.2. The predicted molar refractivity (Wildman–Crippen MR) is 471 cm³/mol. The highest BCUT2D eigenvalue weighted by Gasteiger charge is 2.46. The van der Waals surface area contributed by atoms with Crippen molar-refractivity contribution >= 4 is 104 Å². The summed E-state index contributed by atoms with van der Waals surface area (Å²) >= 11 is 0. The quantitative estimate of drug-likeness (QED) is 0.00537. The zero-order valence-electron chi connectivity index (χ0n) is 75.1. The average molecular weight is 1920 g/mol. The molecule has 3 heterocycles. The van der Waals surface area contributed by atoms with Crippen molar-refractivity contribution in [2.24, 2.45) is 44.8 Å². The molecule has 0 unspecified atom stereocenters. The Kier molecular flexibility index (Phi) is 48.1. The number of aromatic hydroxyl groups is 1. The number of phenols is 1. The van der Waals surface area contributed by atoms with Gasteiger partial charge in [-0.3, -0.25) is 44.1 Å². The molecule has 0 aromatic heterocycles. The molecule has 3 aliphatic rings. The number of likely N-dealkylation sites (tertiary alicyclic amines) is 1. The van der Waals surface area contributed by atoms with Gasteiger partial charge in [0.05, 0.1) is 48.0 Å². The number of aliphatic carboxylic acids is 4. The lowest BCUT2D eigenvalue weighted by atomic mass is 9.81. The topological polar surface area (TPSA) is 587 Å². The predicted octanol–water partition coefficient (Wildman–Crippen LogP) is 6.62. The molecule has 742 valence electrons. The van der Waals surface area contributed by atoms with E-state index >= 15 is 0 Å². The van der Waals surface area contributed by atoms with Crippen LogP contribution in [0.4, 0.5) is 55.7 Å². The molecular formula is C86H123F9N16O21S. The molecule has 0 radical (unpaired) electrons. The third-order valence-corrected chi connectivity index (χ3v) is 21.7. The number of amides is 8. The van der Waals surface area contributed by atoms with E-state index in [1.54, 1.807) is 19.1 Å². The summed E-state index contributed by atoms with van der Waals surface area (Å²) in [4.78, 5) is 147. The standard InChI is InChI=1S/C80H120N16O15S.3C2HF3O2/c1-9-54(4)69(73(102)91-62(75(104)105)51-53(2)3)92-71(100)61(52-55-35-37-56(97)38-36-55)90-72(101)65-31-24-45-96(65)74(103)60(89-70(99)59(81)27-22-39-86-76(82)83)28-23-40-87-77(84)93-78(106)88-42-47-111-49-48-110-46-41-85-68(98)34-14-11-19-43-94-63-29-17-15-25-57(63)79(5,6)66(94)32-12-10-13-33-67-80(7,8)58-26-16-18-30-64(58)95(67)44-20-21-50-112(107,108)109;3*3-2(4,5)1(6)7/h10,12-13,15-18,25-26,29-30,32-33,35-38,53-54,59-62,65,69H,9,11,14,19-24,27-28,31,34,39-52,81H2,1-8H3,(H15-,82,83,84,85,86,87,88,89,90,91,92,93,97,98,99,100,101,102,104,105,106,107,108,109);3*(H,6,7)/t54-,59-,60-,61-,62-,65-,69-;;;/m0.../s1. The number of phenolic OH excluding ortho intramolecular Hbond substituents is 1. The van der Waals surface area contributed by atoms with Gasteiger partial charge in [-0.2, -0.15) is 44.1 Å². The summed E-state index contributed by atoms with van der Waals surface area (Å²) in [7, 11) is -4.28. The normalized spacial score (nSPS) is 16.2. The van der Waals surface area contributed by atoms with E-state index in [-0.39, 0.29) is 137 Å². The van der Waals surface area contributed by atoms with Gasteiger partial charge in [-0.25, -0.2) is 32.4 Å². The van der Waals surface area contributed by atoms with Gasteiger partial charge in [-0.05, 0) is 132 Å². The zero-order valence-corrected chi connectivity index (χ0v) is 76.0. The molecule has 0 spiro atoms. The number of allylic oxidation sites excluding steroid dienone is 6. The second kappa shape index (κ2) is 55.5. The molecule has 8 amide bonds. The van der Waals surface area contributed by atoms with E-state index in [2.05, 4.69) is 139 Å². The molecule has 7 atom stereocenters. The first-order valence-electron chi connectivity index (χ1n) is 42.7. The molecule has 3 aromatic rings. The summed E-state index contributed by atoms with van der Waals surface area (Å²) in [6.07, 6.45) is 0.546. The maximum Gasteiger partial charge on any atom is 0.490 e. The van der Waals surface area contributed by atoms with Crippen molar-refractivity contribution in [2.45, 2.75) is 217 Å². The number of guanidine groups is 2. The van der Waals surface area contributed by atoms with Gasteiger partial charge in [0.25, 0.3) is 0 Å². The minimum Gasteiger partial charge on any atom is -0.748 e. The number of para-hydroxylation sites is 2. The summed E-state index contributed by atoms with van der Waals surface area (Å²) in [5.74, 6) is -14.3. The summed E-state index contributed by atoms with van der Waals surface area (Å²) in [5.41, 5.74) is 30.2. The molecule has 3 aliphatic heterocycles. The van der Waals surface area contributed by atoms with Crippen molar-refractivity contribution in [3.63, 3.8) is 0 Å². The van der Waals surface area contributed by atoms with Crippen LogP contribution >= 0.6 is 0 Å². The van der Waals surface area contributed by atoms with Crippen molar-refractivity contribution in [1.82, 2.24) is 42.1 Å². The first-order valence-corrected chi connectivity index (χ1v) is 44.3. The summed E-state index contributed by atoms with van der Waals surface area (Å²) < 4.78 is 143. The number of anilines is 1. The van der Waals surface area contributed by atoms with Crippen LogP contribution < -0.4 is 65.1 Å². The Labute approximate surface area is 764 Å². The Morgan fingerprint density at radius 1 is 0.647 bits per heavy atom. The van der Waals surface area contributed by atoms with Crippen LogP contribution in [0.5, 0.6) is 5.75 Å². The molecule has 20 N–H and O–H groups in total. The Morgan fingerprint density at radius 3 is 1.78 bits per heavy atom. The van der Waals surface area contributed by atoms with Crippen LogP contribution in [0.15, 0.2) is 119 Å². The number of hydrogen-bond donors (Lipinski definition) is 16. The SMILES string of the molecule is CC[C@H](C)[C@H](NC(=O)[C@H](Cc1ccc(O)cc1)NC(=O)[C@@H]1CCCN1C(=O)[C@H](CCCN=C(N)NC(=O)NCCOCCOCCNC(=O)CCCCC[N+]1=C(/C=C/C=C/C=C2\N(CCCCS(=O)(=O)[O-])c3ccccc3C2(C)C)C(C)(C)c2ccccc21)NC(=O)[C@@H](N)CCCN=C(N)N)C(=O)N[C@@H](CC(C)C)C(=O)O.O=C(O)C(F)(F)F.O=C(O)C(F)(F)F.O=C(O)C(F)(F)F. The van der Waals surface area contributed by atoms with Gasteiger partial charge in [0.1, 0.15) is 42.5 Å². The number of nitrogens with one attached hydrogen (secondary N) is 7. The number of hydrogen-bond acceptors (Lipinski definition) is 21. The van der Waals surface area contributed by atoms with E-state index in [1.807, 2.05) is 45.1 Å².